The summed E-state index contributed by atoms with van der Waals surface area (Å²) in [6, 6.07) is 0.264. The summed E-state index contributed by atoms with van der Waals surface area (Å²) in [6.45, 7) is 11.6. The number of carbonyl (C=O) groups is 11. The van der Waals surface area contributed by atoms with Gasteiger partial charge in [0.2, 0.25) is 29.2 Å². The van der Waals surface area contributed by atoms with Gasteiger partial charge in [0.1, 0.15) is 74.5 Å². The Morgan fingerprint density at radius 1 is 0.491 bits per heavy atom. The lowest BCUT2D eigenvalue weighted by Crippen LogP contribution is -2.66. The molecule has 0 unspecified atom stereocenters. The van der Waals surface area contributed by atoms with Gasteiger partial charge in [0.05, 0.1) is 59.3 Å². The van der Waals surface area contributed by atoms with E-state index in [-0.39, 0.29) is 71.6 Å². The molecule has 21 N–H and O–H groups in total. The number of ketones is 6. The third kappa shape index (κ3) is 12.8. The number of nitrogens with one attached hydrogen (secondary N) is 3. The quantitative estimate of drug-likeness (QED) is 0.0914. The first-order valence-electron chi connectivity index (χ1n) is 36.5. The van der Waals surface area contributed by atoms with Crippen LogP contribution in [-0.2, 0) is 52.7 Å². The standard InChI is InChI=1S/C28H33FN4O8.C28H35FN4O8.C22H23FN2O7/c1-11-12-8-13-21(32(2)3)24(37)20(27(30)40)26(39)28(13,41)25(38)18(12)23(36)19-17(11)14(29)9-15(22(19)35)31-16(34)10-33-6-4-5-7-33;1-10-11-7-12-20(33(5)6)23(37)19(26(30)40)25(39)28(12,41)24(38)17(11)22(36)18-16(10)13(29)8-14(21(18)35)32-15(34)9-31-27(2,3)4;1-7-8-6-9-16(25(2)3)18(28)15(21(24)31)20(30)22(9,32)19(29)13(8)17(27)14-11(26)5-4-10(23)12(7)14/h9,11-13,21,35-36,39,41H,4-8,10H2,1-3H3,(H2,30,40)(H,31,34);8,10-12,20,31,35-36,39,41H,7,9H2,1-6H3,(H2,30,40)(H,32,34);4-5,7-9,16,26-27,30,32H,6H2,1-3H3,(H2,24,31)/t11-,12-,13+,21+,28+;10-,11-,12+,20+,28+;7-,8-,9+,16+,22+/m111/s1. The molecular formula is C78H91F3N10O23. The Balaban J connectivity index is 0.000000170. The fraction of sp³-hybridized carbons (Fsp3) is 0.474. The summed E-state index contributed by atoms with van der Waals surface area (Å²) in [5.74, 6) is -30.3. The van der Waals surface area contributed by atoms with E-state index in [1.165, 1.54) is 57.0 Å². The van der Waals surface area contributed by atoms with Crippen LogP contribution in [0.15, 0.2) is 75.0 Å². The zero-order chi connectivity index (χ0) is 84.9. The maximum absolute atomic E-state index is 15.6. The number of anilines is 2. The van der Waals surface area contributed by atoms with Crippen LogP contribution in [0.3, 0.4) is 0 Å². The molecule has 0 radical (unpaired) electrons. The number of amides is 5. The van der Waals surface area contributed by atoms with E-state index in [4.69, 9.17) is 17.2 Å². The molecular weight excluding hydrogens is 1500 g/mol. The Morgan fingerprint density at radius 3 is 1.11 bits per heavy atom. The number of primary amides is 3. The summed E-state index contributed by atoms with van der Waals surface area (Å²) in [5, 5.41) is 141. The third-order valence-electron chi connectivity index (χ3n) is 24.2. The molecule has 33 nitrogen and oxygen atoms in total. The minimum atomic E-state index is -2.82. The lowest BCUT2D eigenvalue weighted by molar-refractivity contribution is -0.155. The van der Waals surface area contributed by atoms with Gasteiger partial charge in [-0.05, 0) is 156 Å². The number of benzene rings is 3. The topological polar surface area (TPSA) is 558 Å². The van der Waals surface area contributed by atoms with E-state index in [9.17, 15) is 118 Å². The number of aliphatic hydroxyl groups excluding tert-OH is 6. The van der Waals surface area contributed by atoms with E-state index in [1.807, 2.05) is 25.7 Å². The second-order valence-corrected chi connectivity index (χ2v) is 32.5. The molecule has 1 aliphatic heterocycles. The Bertz CT molecular complexity index is 5010. The van der Waals surface area contributed by atoms with E-state index < -0.39 is 266 Å². The number of likely N-dealkylation sites (N-methyl/N-ethyl adjacent to an activating group) is 3. The minimum Gasteiger partial charge on any atom is -0.508 e. The van der Waals surface area contributed by atoms with Gasteiger partial charge in [0.15, 0.2) is 45.7 Å². The highest BCUT2D eigenvalue weighted by Crippen LogP contribution is 2.61. The van der Waals surface area contributed by atoms with Gasteiger partial charge in [-0.15, -0.1) is 0 Å². The number of fused-ring (bicyclic) bond motifs is 9. The molecule has 10 aliphatic rings. The smallest absolute Gasteiger partial charge is 0.255 e. The monoisotopic (exact) mass is 1590 g/mol. The van der Waals surface area contributed by atoms with Crippen LogP contribution in [0.2, 0.25) is 0 Å². The van der Waals surface area contributed by atoms with Crippen molar-refractivity contribution in [3.63, 3.8) is 0 Å². The maximum atomic E-state index is 15.6. The van der Waals surface area contributed by atoms with E-state index in [2.05, 4.69) is 16.0 Å². The lowest BCUT2D eigenvalue weighted by Gasteiger charge is -2.51. The molecule has 3 aromatic rings. The number of rotatable bonds is 12. The lowest BCUT2D eigenvalue weighted by atomic mass is 9.55. The highest BCUT2D eigenvalue weighted by Gasteiger charge is 2.69. The number of hydrogen-bond acceptors (Lipinski definition) is 28. The number of nitrogens with two attached hydrogens (primary N) is 3. The fourth-order valence-electron chi connectivity index (χ4n) is 18.9. The van der Waals surface area contributed by atoms with Crippen molar-refractivity contribution in [2.45, 2.75) is 132 Å². The normalized spacial score (nSPS) is 29.8. The van der Waals surface area contributed by atoms with Crippen molar-refractivity contribution < 1.29 is 127 Å². The van der Waals surface area contributed by atoms with Gasteiger partial charge in [-0.2, -0.15) is 0 Å². The van der Waals surface area contributed by atoms with Gasteiger partial charge in [-0.1, -0.05) is 20.8 Å². The molecule has 1 heterocycles. The zero-order valence-corrected chi connectivity index (χ0v) is 64.1. The summed E-state index contributed by atoms with van der Waals surface area (Å²) in [4.78, 5) is 148. The molecule has 4 fully saturated rings. The predicted octanol–water partition coefficient (Wildman–Crippen LogP) is 2.35. The predicted molar refractivity (Wildman–Crippen MR) is 397 cm³/mol. The van der Waals surface area contributed by atoms with Crippen LogP contribution in [0.25, 0.3) is 17.3 Å². The van der Waals surface area contributed by atoms with Crippen molar-refractivity contribution in [3.8, 4) is 17.2 Å². The summed E-state index contributed by atoms with van der Waals surface area (Å²) < 4.78 is 45.9. The van der Waals surface area contributed by atoms with Gasteiger partial charge in [-0.3, -0.25) is 72.3 Å². The molecule has 36 heteroatoms. The van der Waals surface area contributed by atoms with Gasteiger partial charge in [-0.25, -0.2) is 13.2 Å². The summed E-state index contributed by atoms with van der Waals surface area (Å²) in [5.41, 5.74) is 1.28. The average Bonchev–Trinajstić information content (AvgIpc) is 0.732. The van der Waals surface area contributed by atoms with Crippen LogP contribution >= 0.6 is 0 Å². The van der Waals surface area contributed by atoms with Crippen LogP contribution in [0.5, 0.6) is 17.2 Å². The third-order valence-corrected chi connectivity index (χ3v) is 24.2. The number of phenolic OH excluding ortho intramolecular Hbond substituents is 3. The molecule has 3 aromatic carbocycles. The van der Waals surface area contributed by atoms with Crippen molar-refractivity contribution in [3.05, 3.63) is 126 Å². The number of carbonyl (C=O) groups excluding carboxylic acids is 11. The van der Waals surface area contributed by atoms with Gasteiger partial charge in [0, 0.05) is 68.8 Å². The van der Waals surface area contributed by atoms with Crippen LogP contribution in [0.4, 0.5) is 24.5 Å². The second kappa shape index (κ2) is 29.5. The highest BCUT2D eigenvalue weighted by molar-refractivity contribution is 6.27. The number of hydrogen-bond donors (Lipinski definition) is 18. The van der Waals surface area contributed by atoms with Crippen LogP contribution in [-0.4, -0.2) is 254 Å². The minimum absolute atomic E-state index is 0.00983. The maximum Gasteiger partial charge on any atom is 0.255 e. The van der Waals surface area contributed by atoms with Crippen LogP contribution in [0, 0.1) is 53.0 Å². The Hall–Kier alpha value is -10.9. The number of aliphatic hydroxyl groups is 9. The van der Waals surface area contributed by atoms with Crippen LogP contribution in [0.1, 0.15) is 125 Å². The molecule has 0 aromatic heterocycles. The zero-order valence-electron chi connectivity index (χ0n) is 64.1. The highest BCUT2D eigenvalue weighted by atomic mass is 19.1. The molecule has 13 rings (SSSR count). The molecule has 5 amide bonds. The molecule has 3 saturated carbocycles. The van der Waals surface area contributed by atoms with E-state index >= 15 is 8.78 Å². The fourth-order valence-corrected chi connectivity index (χ4v) is 18.9. The first-order valence-corrected chi connectivity index (χ1v) is 36.5. The van der Waals surface area contributed by atoms with Crippen molar-refractivity contribution in [1.29, 1.82) is 0 Å². The molecule has 0 bridgehead atoms. The summed E-state index contributed by atoms with van der Waals surface area (Å²) >= 11 is 0. The largest absolute Gasteiger partial charge is 0.508 e. The second-order valence-electron chi connectivity index (χ2n) is 32.5. The number of phenols is 3. The first-order chi connectivity index (χ1) is 52.9. The van der Waals surface area contributed by atoms with Crippen LogP contribution < -0.4 is 33.2 Å². The van der Waals surface area contributed by atoms with Crippen molar-refractivity contribution >= 4 is 92.9 Å². The van der Waals surface area contributed by atoms with Crippen molar-refractivity contribution in [2.75, 3.05) is 79.1 Å². The van der Waals surface area contributed by atoms with E-state index in [0.717, 1.165) is 50.2 Å². The molecule has 612 valence electrons. The average molecular weight is 1590 g/mol. The molecule has 114 heavy (non-hydrogen) atoms. The SMILES string of the molecule is C[C@H]1c2c(F)cc(NC(=O)CN3CCCC3)c(O)c2C(O)=C2C(=O)[C@]3(O)C(O)=C(C(N)=O)C(=O)[C@@H](N(C)C)[C@@H]3C[C@@H]21.C[C@H]1c2c(F)cc(NC(=O)CNC(C)(C)C)c(O)c2C(O)=C2C(=O)[C@]3(O)C(O)=C(C(N)=O)C(=O)[C@@H](N(C)C)[C@@H]3C[C@@H]21.C[C@H]1c2c(F)ccc(O)c2C(O)=C2C(=O)[C@]3(O)C(O)=C(C(N)=O)C(=O)[C@@H](N(C)C)[C@@H]3C[C@@H]21. The Kier molecular flexibility index (Phi) is 21.8. The van der Waals surface area contributed by atoms with Gasteiger partial charge in [0.25, 0.3) is 17.7 Å². The Labute approximate surface area is 649 Å². The van der Waals surface area contributed by atoms with Crippen molar-refractivity contribution in [2.24, 2.45) is 52.7 Å². The Morgan fingerprint density at radius 2 is 0.798 bits per heavy atom. The summed E-state index contributed by atoms with van der Waals surface area (Å²) in [7, 11) is 8.98. The number of likely N-dealkylation sites (tertiary alicyclic amines) is 1. The van der Waals surface area contributed by atoms with Gasteiger partial charge >= 0.3 is 0 Å². The van der Waals surface area contributed by atoms with Gasteiger partial charge < -0.3 is 94.4 Å². The summed E-state index contributed by atoms with van der Waals surface area (Å²) in [6.07, 6.45) is 1.46. The van der Waals surface area contributed by atoms with Crippen molar-refractivity contribution in [1.82, 2.24) is 24.9 Å². The van der Waals surface area contributed by atoms with E-state index in [0.29, 0.717) is 0 Å². The number of aromatic hydroxyl groups is 3. The molecule has 1 saturated heterocycles. The number of nitrogens with zero attached hydrogens (tertiary/aromatic N) is 4. The molecule has 15 atom stereocenters. The van der Waals surface area contributed by atoms with E-state index in [1.54, 1.807) is 20.8 Å². The number of halogens is 3. The molecule has 9 aliphatic carbocycles. The number of Topliss-reactive ketones (excluding diaryl/α,β-unsaturated/α-hetero) is 6. The first kappa shape index (κ1) is 84.1. The molecule has 0 spiro atoms.